The van der Waals surface area contributed by atoms with E-state index in [9.17, 15) is 8.78 Å². The van der Waals surface area contributed by atoms with Crippen LogP contribution in [0.2, 0.25) is 5.02 Å². The summed E-state index contributed by atoms with van der Waals surface area (Å²) in [5, 5.41) is -0.190. The van der Waals surface area contributed by atoms with Gasteiger partial charge in [-0.2, -0.15) is 0 Å². The third-order valence-electron chi connectivity index (χ3n) is 2.94. The van der Waals surface area contributed by atoms with E-state index in [1.165, 1.54) is 12.1 Å². The summed E-state index contributed by atoms with van der Waals surface area (Å²) >= 11 is 12.0. The van der Waals surface area contributed by atoms with E-state index < -0.39 is 17.0 Å². The second kappa shape index (κ2) is 5.89. The Hall–Kier alpha value is -1.12. The van der Waals surface area contributed by atoms with Crippen LogP contribution in [0.3, 0.4) is 0 Å². The minimum absolute atomic E-state index is 0.0818. The second-order valence-electron chi connectivity index (χ2n) is 4.39. The minimum atomic E-state index is -0.765. The lowest BCUT2D eigenvalue weighted by atomic mass is 10.0. The monoisotopic (exact) mass is 300 g/mol. The van der Waals surface area contributed by atoms with Gasteiger partial charge in [-0.05, 0) is 42.7 Å². The molecule has 0 aliphatic heterocycles. The maximum Gasteiger partial charge on any atom is 0.133 e. The van der Waals surface area contributed by atoms with Crippen LogP contribution < -0.4 is 0 Å². The summed E-state index contributed by atoms with van der Waals surface area (Å²) in [7, 11) is 0. The van der Waals surface area contributed by atoms with Crippen molar-refractivity contribution in [2.75, 3.05) is 0 Å². The molecule has 0 nitrogen and oxygen atoms in total. The van der Waals surface area contributed by atoms with Crippen LogP contribution in [0.1, 0.15) is 22.1 Å². The van der Waals surface area contributed by atoms with Crippen LogP contribution in [0.25, 0.3) is 0 Å². The highest BCUT2D eigenvalue weighted by atomic mass is 35.5. The Balaban J connectivity index is 2.30. The van der Waals surface area contributed by atoms with Crippen LogP contribution in [0.5, 0.6) is 0 Å². The molecule has 2 rings (SSSR count). The van der Waals surface area contributed by atoms with Crippen LogP contribution in [-0.4, -0.2) is 0 Å². The normalized spacial score (nSPS) is 12.5. The third-order valence-corrected chi connectivity index (χ3v) is 3.54. The molecule has 1 unspecified atom stereocenters. The number of alkyl halides is 1. The van der Waals surface area contributed by atoms with Gasteiger partial charge < -0.3 is 0 Å². The van der Waals surface area contributed by atoms with Crippen molar-refractivity contribution in [2.24, 2.45) is 0 Å². The number of halogens is 4. The molecule has 0 heterocycles. The van der Waals surface area contributed by atoms with E-state index in [-0.39, 0.29) is 5.56 Å². The molecule has 0 aromatic heterocycles. The summed E-state index contributed by atoms with van der Waals surface area (Å²) in [6, 6.07) is 9.72. The van der Waals surface area contributed by atoms with Gasteiger partial charge in [0.1, 0.15) is 11.6 Å². The van der Waals surface area contributed by atoms with Crippen molar-refractivity contribution in [1.82, 2.24) is 0 Å². The number of hydrogen-bond donors (Lipinski definition) is 0. The maximum absolute atomic E-state index is 13.9. The highest BCUT2D eigenvalue weighted by molar-refractivity contribution is 6.30. The molecule has 0 fully saturated rings. The van der Waals surface area contributed by atoms with Crippen LogP contribution in [0.4, 0.5) is 8.78 Å². The van der Waals surface area contributed by atoms with Gasteiger partial charge in [0.05, 0.1) is 5.38 Å². The summed E-state index contributed by atoms with van der Waals surface area (Å²) in [6.07, 6.45) is 0.319. The summed E-state index contributed by atoms with van der Waals surface area (Å²) in [5.74, 6) is -1.20. The first kappa shape index (κ1) is 14.3. The Morgan fingerprint density at radius 2 is 1.89 bits per heavy atom. The van der Waals surface area contributed by atoms with E-state index >= 15 is 0 Å². The molecule has 2 aromatic carbocycles. The highest BCUT2D eigenvalue weighted by Gasteiger charge is 2.20. The molecular formula is C15H12Cl2F2. The fourth-order valence-corrected chi connectivity index (χ4v) is 2.53. The number of aryl methyl sites for hydroxylation is 1. The lowest BCUT2D eigenvalue weighted by Crippen LogP contribution is -2.04. The fourth-order valence-electron chi connectivity index (χ4n) is 1.94. The van der Waals surface area contributed by atoms with Gasteiger partial charge in [-0.15, -0.1) is 11.6 Å². The smallest absolute Gasteiger partial charge is 0.133 e. The van der Waals surface area contributed by atoms with Crippen molar-refractivity contribution in [3.05, 3.63) is 69.7 Å². The van der Waals surface area contributed by atoms with E-state index in [1.54, 1.807) is 25.1 Å². The van der Waals surface area contributed by atoms with Gasteiger partial charge >= 0.3 is 0 Å². The minimum Gasteiger partial charge on any atom is -0.207 e. The first-order valence-corrected chi connectivity index (χ1v) is 6.63. The van der Waals surface area contributed by atoms with Crippen molar-refractivity contribution in [1.29, 1.82) is 0 Å². The molecule has 0 saturated heterocycles. The van der Waals surface area contributed by atoms with Crippen molar-refractivity contribution in [3.8, 4) is 0 Å². The molecule has 0 radical (unpaired) electrons. The van der Waals surface area contributed by atoms with Gasteiger partial charge in [-0.25, -0.2) is 8.78 Å². The molecule has 0 amide bonds. The predicted octanol–water partition coefficient (Wildman–Crippen LogP) is 5.45. The van der Waals surface area contributed by atoms with Crippen LogP contribution >= 0.6 is 23.2 Å². The van der Waals surface area contributed by atoms with Gasteiger partial charge in [0.2, 0.25) is 0 Å². The Labute approximate surface area is 121 Å². The zero-order chi connectivity index (χ0) is 14.0. The van der Waals surface area contributed by atoms with E-state index in [0.717, 1.165) is 5.56 Å². The predicted molar refractivity (Wildman–Crippen MR) is 74.8 cm³/mol. The largest absolute Gasteiger partial charge is 0.207 e. The molecule has 0 spiro atoms. The standard InChI is InChI=1S/C15H12Cl2F2/c1-9-5-6-13(18)14(15(9)19)12(17)8-10-3-2-4-11(16)7-10/h2-7,12H,8H2,1H3. The summed E-state index contributed by atoms with van der Waals surface area (Å²) in [4.78, 5) is 0. The highest BCUT2D eigenvalue weighted by Crippen LogP contribution is 2.31. The van der Waals surface area contributed by atoms with Gasteiger partial charge in [0.25, 0.3) is 0 Å². The Kier molecular flexibility index (Phi) is 4.43. The lowest BCUT2D eigenvalue weighted by molar-refractivity contribution is 0.545. The lowest BCUT2D eigenvalue weighted by Gasteiger charge is -2.13. The molecule has 100 valence electrons. The number of benzene rings is 2. The van der Waals surface area contributed by atoms with Gasteiger partial charge in [-0.1, -0.05) is 29.8 Å². The van der Waals surface area contributed by atoms with Crippen molar-refractivity contribution in [3.63, 3.8) is 0 Å². The molecule has 0 saturated carbocycles. The van der Waals surface area contributed by atoms with Crippen LogP contribution in [-0.2, 0) is 6.42 Å². The Morgan fingerprint density at radius 1 is 1.16 bits per heavy atom. The van der Waals surface area contributed by atoms with Crippen molar-refractivity contribution in [2.45, 2.75) is 18.7 Å². The van der Waals surface area contributed by atoms with Gasteiger partial charge in [0, 0.05) is 10.6 Å². The van der Waals surface area contributed by atoms with Crippen LogP contribution in [0.15, 0.2) is 36.4 Å². The topological polar surface area (TPSA) is 0 Å². The Morgan fingerprint density at radius 3 is 2.58 bits per heavy atom. The molecule has 2 aromatic rings. The first-order valence-electron chi connectivity index (χ1n) is 5.82. The zero-order valence-electron chi connectivity index (χ0n) is 10.3. The molecule has 19 heavy (non-hydrogen) atoms. The molecule has 4 heteroatoms. The van der Waals surface area contributed by atoms with E-state index in [1.807, 2.05) is 6.07 Å². The van der Waals surface area contributed by atoms with E-state index in [4.69, 9.17) is 23.2 Å². The molecule has 0 aliphatic carbocycles. The average molecular weight is 301 g/mol. The molecule has 1 atom stereocenters. The third kappa shape index (κ3) is 3.26. The average Bonchev–Trinajstić information content (AvgIpc) is 2.34. The van der Waals surface area contributed by atoms with Crippen molar-refractivity contribution < 1.29 is 8.78 Å². The molecule has 0 bridgehead atoms. The maximum atomic E-state index is 13.9. The number of rotatable bonds is 3. The van der Waals surface area contributed by atoms with Gasteiger partial charge in [0.15, 0.2) is 0 Å². The fraction of sp³-hybridized carbons (Fsp3) is 0.200. The second-order valence-corrected chi connectivity index (χ2v) is 5.36. The molecule has 0 N–H and O–H groups in total. The van der Waals surface area contributed by atoms with Gasteiger partial charge in [-0.3, -0.25) is 0 Å². The quantitative estimate of drug-likeness (QED) is 0.661. The molecular weight excluding hydrogens is 289 g/mol. The zero-order valence-corrected chi connectivity index (χ0v) is 11.8. The number of hydrogen-bond acceptors (Lipinski definition) is 0. The van der Waals surface area contributed by atoms with E-state index in [2.05, 4.69) is 0 Å². The SMILES string of the molecule is Cc1ccc(F)c(C(Cl)Cc2cccc(Cl)c2)c1F. The summed E-state index contributed by atoms with van der Waals surface area (Å²) < 4.78 is 27.7. The van der Waals surface area contributed by atoms with Crippen LogP contribution in [0, 0.1) is 18.6 Å². The summed E-state index contributed by atoms with van der Waals surface area (Å²) in [6.45, 7) is 1.58. The summed E-state index contributed by atoms with van der Waals surface area (Å²) in [5.41, 5.74) is 1.14. The molecule has 0 aliphatic rings. The van der Waals surface area contributed by atoms with E-state index in [0.29, 0.717) is 17.0 Å². The van der Waals surface area contributed by atoms with Crippen molar-refractivity contribution >= 4 is 23.2 Å². The Bertz CT molecular complexity index is 597. The first-order chi connectivity index (χ1) is 8.99.